The zero-order valence-electron chi connectivity index (χ0n) is 21.9. The SMILES string of the molecule is CCCCCCCCCCCCN(CCCCCCCCCCCC)C(C)C(=O)[O-].[Li+]. The van der Waals surface area contributed by atoms with Gasteiger partial charge in [-0.05, 0) is 32.9 Å². The zero-order valence-corrected chi connectivity index (χ0v) is 21.9. The summed E-state index contributed by atoms with van der Waals surface area (Å²) < 4.78 is 0. The third-order valence-corrected chi connectivity index (χ3v) is 6.49. The van der Waals surface area contributed by atoms with Gasteiger partial charge >= 0.3 is 18.9 Å². The van der Waals surface area contributed by atoms with Crippen molar-refractivity contribution in [2.45, 2.75) is 155 Å². The van der Waals surface area contributed by atoms with Crippen molar-refractivity contribution in [3.05, 3.63) is 0 Å². The fraction of sp³-hybridized carbons (Fsp3) is 0.963. The standard InChI is InChI=1S/C27H55NO2.Li/c1-4-6-8-10-12-14-16-18-20-22-24-28(26(3)27(29)30)25-23-21-19-17-15-13-11-9-7-5-2;/h26H,4-25H2,1-3H3,(H,29,30);/q;+1/p-1. The summed E-state index contributed by atoms with van der Waals surface area (Å²) in [5.41, 5.74) is 0. The van der Waals surface area contributed by atoms with Crippen molar-refractivity contribution in [1.82, 2.24) is 4.90 Å². The normalized spacial score (nSPS) is 12.1. The van der Waals surface area contributed by atoms with Gasteiger partial charge in [-0.2, -0.15) is 0 Å². The molecule has 1 unspecified atom stereocenters. The third-order valence-electron chi connectivity index (χ3n) is 6.49. The minimum Gasteiger partial charge on any atom is -0.548 e. The zero-order chi connectivity index (χ0) is 22.3. The molecule has 1 atom stereocenters. The summed E-state index contributed by atoms with van der Waals surface area (Å²) >= 11 is 0. The average molecular weight is 432 g/mol. The molecule has 0 rings (SSSR count). The van der Waals surface area contributed by atoms with E-state index in [-0.39, 0.29) is 18.9 Å². The van der Waals surface area contributed by atoms with E-state index in [1.54, 1.807) is 6.92 Å². The Morgan fingerprint density at radius 1 is 0.581 bits per heavy atom. The van der Waals surface area contributed by atoms with E-state index in [1.165, 1.54) is 116 Å². The number of carboxylic acid groups (broad SMARTS) is 1. The van der Waals surface area contributed by atoms with Crippen LogP contribution in [0, 0.1) is 0 Å². The molecule has 0 saturated heterocycles. The van der Waals surface area contributed by atoms with E-state index in [0.717, 1.165) is 25.9 Å². The quantitative estimate of drug-likeness (QED) is 0.169. The van der Waals surface area contributed by atoms with Gasteiger partial charge in [0.05, 0.1) is 5.97 Å². The van der Waals surface area contributed by atoms with Gasteiger partial charge in [0.2, 0.25) is 0 Å². The van der Waals surface area contributed by atoms with E-state index in [4.69, 9.17) is 0 Å². The van der Waals surface area contributed by atoms with Crippen molar-refractivity contribution in [2.24, 2.45) is 0 Å². The fourth-order valence-electron chi connectivity index (χ4n) is 4.25. The monoisotopic (exact) mass is 431 g/mol. The van der Waals surface area contributed by atoms with Crippen molar-refractivity contribution in [3.8, 4) is 0 Å². The molecule has 0 N–H and O–H groups in total. The molecule has 0 saturated carbocycles. The van der Waals surface area contributed by atoms with Gasteiger partial charge in [0.15, 0.2) is 0 Å². The molecular formula is C27H54LiNO2. The Morgan fingerprint density at radius 3 is 1.10 bits per heavy atom. The maximum Gasteiger partial charge on any atom is 1.00 e. The van der Waals surface area contributed by atoms with Gasteiger partial charge in [-0.3, -0.25) is 4.90 Å². The predicted octanol–water partition coefficient (Wildman–Crippen LogP) is 4.27. The smallest absolute Gasteiger partial charge is 0.548 e. The van der Waals surface area contributed by atoms with Crippen LogP contribution in [0.15, 0.2) is 0 Å². The van der Waals surface area contributed by atoms with Crippen molar-refractivity contribution >= 4 is 5.97 Å². The Morgan fingerprint density at radius 2 is 0.839 bits per heavy atom. The molecule has 0 radical (unpaired) electrons. The molecule has 0 bridgehead atoms. The maximum absolute atomic E-state index is 11.4. The minimum absolute atomic E-state index is 0. The van der Waals surface area contributed by atoms with Crippen LogP contribution in [-0.2, 0) is 4.79 Å². The first-order valence-electron chi connectivity index (χ1n) is 13.6. The van der Waals surface area contributed by atoms with Crippen molar-refractivity contribution < 1.29 is 28.8 Å². The molecule has 4 heteroatoms. The molecule has 0 aromatic rings. The number of hydrogen-bond acceptors (Lipinski definition) is 3. The van der Waals surface area contributed by atoms with Crippen LogP contribution in [-0.4, -0.2) is 30.0 Å². The predicted molar refractivity (Wildman–Crippen MR) is 130 cm³/mol. The van der Waals surface area contributed by atoms with Crippen LogP contribution in [0.1, 0.15) is 149 Å². The summed E-state index contributed by atoms with van der Waals surface area (Å²) in [7, 11) is 0. The molecule has 0 fully saturated rings. The summed E-state index contributed by atoms with van der Waals surface area (Å²) in [5.74, 6) is -0.922. The average Bonchev–Trinajstić information content (AvgIpc) is 2.74. The second-order valence-corrected chi connectivity index (χ2v) is 9.39. The largest absolute Gasteiger partial charge is 1.00 e. The van der Waals surface area contributed by atoms with Crippen LogP contribution in [0.2, 0.25) is 0 Å². The topological polar surface area (TPSA) is 43.4 Å². The summed E-state index contributed by atoms with van der Waals surface area (Å²) in [5, 5.41) is 11.4. The summed E-state index contributed by atoms with van der Waals surface area (Å²) in [6.45, 7) is 8.14. The first-order valence-corrected chi connectivity index (χ1v) is 13.6. The van der Waals surface area contributed by atoms with E-state index < -0.39 is 12.0 Å². The Hall–Kier alpha value is 0.0274. The molecule has 3 nitrogen and oxygen atoms in total. The minimum atomic E-state index is -0.922. The first-order chi connectivity index (χ1) is 14.6. The van der Waals surface area contributed by atoms with Gasteiger partial charge < -0.3 is 9.90 Å². The second kappa shape index (κ2) is 26.3. The van der Waals surface area contributed by atoms with Crippen LogP contribution in [0.25, 0.3) is 0 Å². The second-order valence-electron chi connectivity index (χ2n) is 9.39. The molecule has 0 aliphatic rings. The summed E-state index contributed by atoms with van der Waals surface area (Å²) in [4.78, 5) is 13.5. The number of aliphatic carboxylic acids is 1. The van der Waals surface area contributed by atoms with Crippen LogP contribution < -0.4 is 24.0 Å². The van der Waals surface area contributed by atoms with Crippen molar-refractivity contribution in [2.75, 3.05) is 13.1 Å². The molecule has 0 aromatic heterocycles. The van der Waals surface area contributed by atoms with Crippen LogP contribution >= 0.6 is 0 Å². The van der Waals surface area contributed by atoms with Gasteiger partial charge in [-0.25, -0.2) is 0 Å². The summed E-state index contributed by atoms with van der Waals surface area (Å²) in [6.07, 6.45) is 26.4. The number of carboxylic acids is 1. The van der Waals surface area contributed by atoms with Crippen molar-refractivity contribution in [1.29, 1.82) is 0 Å². The van der Waals surface area contributed by atoms with E-state index in [9.17, 15) is 9.90 Å². The van der Waals surface area contributed by atoms with E-state index in [2.05, 4.69) is 18.7 Å². The molecule has 0 aliphatic carbocycles. The number of carbonyl (C=O) groups excluding carboxylic acids is 1. The molecule has 31 heavy (non-hydrogen) atoms. The van der Waals surface area contributed by atoms with Gasteiger partial charge in [0.1, 0.15) is 0 Å². The van der Waals surface area contributed by atoms with Gasteiger partial charge in [0, 0.05) is 6.04 Å². The Labute approximate surface area is 207 Å². The van der Waals surface area contributed by atoms with Gasteiger partial charge in [0.25, 0.3) is 0 Å². The summed E-state index contributed by atoms with van der Waals surface area (Å²) in [6, 6.07) is -0.456. The number of unbranched alkanes of at least 4 members (excludes halogenated alkanes) is 18. The number of nitrogens with zero attached hydrogens (tertiary/aromatic N) is 1. The molecule has 0 aliphatic heterocycles. The first kappa shape index (κ1) is 33.2. The molecule has 0 amide bonds. The van der Waals surface area contributed by atoms with Crippen LogP contribution in [0.5, 0.6) is 0 Å². The van der Waals surface area contributed by atoms with Gasteiger partial charge in [-0.1, -0.05) is 129 Å². The molecule has 0 heterocycles. The van der Waals surface area contributed by atoms with Crippen LogP contribution in [0.3, 0.4) is 0 Å². The van der Waals surface area contributed by atoms with E-state index in [1.807, 2.05) is 0 Å². The van der Waals surface area contributed by atoms with E-state index in [0.29, 0.717) is 0 Å². The number of carbonyl (C=O) groups is 1. The number of hydrogen-bond donors (Lipinski definition) is 0. The molecule has 180 valence electrons. The molecule has 0 spiro atoms. The Balaban J connectivity index is 0. The Kier molecular flexibility index (Phi) is 28.1. The third kappa shape index (κ3) is 23.0. The fourth-order valence-corrected chi connectivity index (χ4v) is 4.25. The number of rotatable bonds is 24. The van der Waals surface area contributed by atoms with Crippen LogP contribution in [0.4, 0.5) is 0 Å². The molecular weight excluding hydrogens is 377 g/mol. The van der Waals surface area contributed by atoms with Crippen molar-refractivity contribution in [3.63, 3.8) is 0 Å². The molecule has 0 aromatic carbocycles. The van der Waals surface area contributed by atoms with E-state index >= 15 is 0 Å². The maximum atomic E-state index is 11.4. The Bertz CT molecular complexity index is 341. The van der Waals surface area contributed by atoms with Gasteiger partial charge in [-0.15, -0.1) is 0 Å².